The molecule has 8 nitrogen and oxygen atoms in total. The monoisotopic (exact) mass is 396 g/mol. The topological polar surface area (TPSA) is 103 Å². The first kappa shape index (κ1) is 19.9. The number of nitrogens with one attached hydrogen (secondary N) is 1. The van der Waals surface area contributed by atoms with E-state index in [-0.39, 0.29) is 11.6 Å². The number of carbonyl (C=O) groups excluding carboxylic acids is 2. The standard InChI is InChI=1S/C20H17FN4O4/c1-12-3-8-17(13(2)24-12)29-18(26)11-28-20-22-9-14(10-23-20)19(27)25-16-6-4-15(21)5-7-16/h3-10H,11H2,1-2H3,(H,25,27). The molecule has 29 heavy (non-hydrogen) atoms. The highest BCUT2D eigenvalue weighted by Gasteiger charge is 2.12. The van der Waals surface area contributed by atoms with E-state index in [1.807, 2.05) is 6.92 Å². The van der Waals surface area contributed by atoms with Gasteiger partial charge in [-0.3, -0.25) is 9.78 Å². The van der Waals surface area contributed by atoms with Gasteiger partial charge in [0.05, 0.1) is 11.3 Å². The number of benzene rings is 1. The molecule has 0 radical (unpaired) electrons. The average Bonchev–Trinajstić information content (AvgIpc) is 2.70. The number of rotatable bonds is 6. The molecule has 0 saturated heterocycles. The molecule has 0 aliphatic heterocycles. The minimum atomic E-state index is -0.638. The number of esters is 1. The van der Waals surface area contributed by atoms with Crippen molar-refractivity contribution in [3.05, 3.63) is 71.6 Å². The molecule has 1 amide bonds. The van der Waals surface area contributed by atoms with Gasteiger partial charge < -0.3 is 14.8 Å². The van der Waals surface area contributed by atoms with Crippen LogP contribution in [0.25, 0.3) is 0 Å². The fourth-order valence-electron chi connectivity index (χ4n) is 2.30. The summed E-state index contributed by atoms with van der Waals surface area (Å²) in [6, 6.07) is 8.63. The zero-order valence-electron chi connectivity index (χ0n) is 15.7. The molecule has 148 valence electrons. The lowest BCUT2D eigenvalue weighted by atomic mass is 10.2. The second kappa shape index (κ2) is 8.87. The Morgan fingerprint density at radius 2 is 1.72 bits per heavy atom. The first-order valence-electron chi connectivity index (χ1n) is 8.57. The predicted octanol–water partition coefficient (Wildman–Crippen LogP) is 2.86. The smallest absolute Gasteiger partial charge is 0.349 e. The Bertz CT molecular complexity index is 1020. The summed E-state index contributed by atoms with van der Waals surface area (Å²) >= 11 is 0. The first-order valence-corrected chi connectivity index (χ1v) is 8.57. The number of amides is 1. The maximum Gasteiger partial charge on any atom is 0.349 e. The molecule has 3 aromatic rings. The van der Waals surface area contributed by atoms with Crippen molar-refractivity contribution in [1.29, 1.82) is 0 Å². The van der Waals surface area contributed by atoms with E-state index in [1.54, 1.807) is 19.1 Å². The van der Waals surface area contributed by atoms with Gasteiger partial charge in [0.15, 0.2) is 12.4 Å². The molecule has 0 aliphatic carbocycles. The molecule has 2 aromatic heterocycles. The van der Waals surface area contributed by atoms with Crippen molar-refractivity contribution in [2.75, 3.05) is 11.9 Å². The van der Waals surface area contributed by atoms with E-state index in [4.69, 9.17) is 9.47 Å². The van der Waals surface area contributed by atoms with Gasteiger partial charge in [-0.25, -0.2) is 19.2 Å². The van der Waals surface area contributed by atoms with Crippen LogP contribution >= 0.6 is 0 Å². The fraction of sp³-hybridized carbons (Fsp3) is 0.150. The maximum absolute atomic E-state index is 12.9. The summed E-state index contributed by atoms with van der Waals surface area (Å²) in [6.07, 6.45) is 2.50. The normalized spacial score (nSPS) is 10.3. The summed E-state index contributed by atoms with van der Waals surface area (Å²) in [7, 11) is 0. The Morgan fingerprint density at radius 3 is 2.38 bits per heavy atom. The van der Waals surface area contributed by atoms with Crippen LogP contribution in [0.15, 0.2) is 48.8 Å². The van der Waals surface area contributed by atoms with E-state index in [2.05, 4.69) is 20.3 Å². The lowest BCUT2D eigenvalue weighted by molar-refractivity contribution is -0.136. The van der Waals surface area contributed by atoms with E-state index in [9.17, 15) is 14.0 Å². The molecule has 0 bridgehead atoms. The van der Waals surface area contributed by atoms with Gasteiger partial charge in [-0.05, 0) is 50.2 Å². The van der Waals surface area contributed by atoms with Crippen LogP contribution in [0.4, 0.5) is 10.1 Å². The van der Waals surface area contributed by atoms with Crippen molar-refractivity contribution in [3.8, 4) is 11.8 Å². The summed E-state index contributed by atoms with van der Waals surface area (Å²) in [5.41, 5.74) is 2.01. The van der Waals surface area contributed by atoms with Crippen LogP contribution in [0.3, 0.4) is 0 Å². The van der Waals surface area contributed by atoms with E-state index in [1.165, 1.54) is 36.7 Å². The molecule has 0 fully saturated rings. The van der Waals surface area contributed by atoms with Crippen LogP contribution in [0.5, 0.6) is 11.8 Å². The molecule has 1 aromatic carbocycles. The molecule has 3 rings (SSSR count). The van der Waals surface area contributed by atoms with E-state index < -0.39 is 24.3 Å². The van der Waals surface area contributed by atoms with Crippen LogP contribution in [0.2, 0.25) is 0 Å². The summed E-state index contributed by atoms with van der Waals surface area (Å²) in [4.78, 5) is 36.0. The fourth-order valence-corrected chi connectivity index (χ4v) is 2.30. The Kier molecular flexibility index (Phi) is 6.08. The summed E-state index contributed by atoms with van der Waals surface area (Å²) in [5.74, 6) is -1.16. The molecule has 0 unspecified atom stereocenters. The number of nitrogens with zero attached hydrogens (tertiary/aromatic N) is 3. The number of halogens is 1. The maximum atomic E-state index is 12.9. The molecule has 0 atom stereocenters. The van der Waals surface area contributed by atoms with Gasteiger partial charge >= 0.3 is 12.0 Å². The van der Waals surface area contributed by atoms with Crippen molar-refractivity contribution in [2.45, 2.75) is 13.8 Å². The lowest BCUT2D eigenvalue weighted by Gasteiger charge is -2.08. The second-order valence-electron chi connectivity index (χ2n) is 6.01. The van der Waals surface area contributed by atoms with Crippen LogP contribution in [-0.4, -0.2) is 33.4 Å². The number of aromatic nitrogens is 3. The summed E-state index contributed by atoms with van der Waals surface area (Å²) in [6.45, 7) is 3.16. The number of ether oxygens (including phenoxy) is 2. The minimum absolute atomic E-state index is 0.0842. The van der Waals surface area contributed by atoms with E-state index >= 15 is 0 Å². The van der Waals surface area contributed by atoms with Gasteiger partial charge in [-0.2, -0.15) is 0 Å². The molecule has 0 saturated carbocycles. The Labute approximate surface area is 165 Å². The van der Waals surface area contributed by atoms with E-state index in [0.717, 1.165) is 5.69 Å². The van der Waals surface area contributed by atoms with Crippen molar-refractivity contribution >= 4 is 17.6 Å². The summed E-state index contributed by atoms with van der Waals surface area (Å²) in [5, 5.41) is 2.59. The third-order valence-electron chi connectivity index (χ3n) is 3.71. The molecule has 0 spiro atoms. The highest BCUT2D eigenvalue weighted by atomic mass is 19.1. The first-order chi connectivity index (χ1) is 13.9. The van der Waals surface area contributed by atoms with Crippen LogP contribution in [-0.2, 0) is 4.79 Å². The molecule has 0 aliphatic rings. The van der Waals surface area contributed by atoms with Gasteiger partial charge in [0.2, 0.25) is 0 Å². The third kappa shape index (κ3) is 5.55. The number of hydrogen-bond acceptors (Lipinski definition) is 7. The van der Waals surface area contributed by atoms with Gasteiger partial charge in [-0.1, -0.05) is 0 Å². The van der Waals surface area contributed by atoms with Crippen LogP contribution < -0.4 is 14.8 Å². The number of anilines is 1. The summed E-state index contributed by atoms with van der Waals surface area (Å²) < 4.78 is 23.3. The highest BCUT2D eigenvalue weighted by Crippen LogP contribution is 2.16. The molecular weight excluding hydrogens is 379 g/mol. The van der Waals surface area contributed by atoms with Gasteiger partial charge in [0, 0.05) is 23.8 Å². The van der Waals surface area contributed by atoms with Gasteiger partial charge in [0.1, 0.15) is 5.82 Å². The number of aryl methyl sites for hydroxylation is 2. The van der Waals surface area contributed by atoms with E-state index in [0.29, 0.717) is 17.1 Å². The largest absolute Gasteiger partial charge is 0.451 e. The average molecular weight is 396 g/mol. The number of hydrogen-bond donors (Lipinski definition) is 1. The van der Waals surface area contributed by atoms with Crippen LogP contribution in [0, 0.1) is 19.7 Å². The second-order valence-corrected chi connectivity index (χ2v) is 6.01. The molecule has 9 heteroatoms. The zero-order valence-corrected chi connectivity index (χ0v) is 15.7. The molecular formula is C20H17FN4O4. The zero-order chi connectivity index (χ0) is 20.8. The van der Waals surface area contributed by atoms with Crippen molar-refractivity contribution in [3.63, 3.8) is 0 Å². The molecule has 1 N–H and O–H groups in total. The van der Waals surface area contributed by atoms with Crippen LogP contribution in [0.1, 0.15) is 21.7 Å². The Balaban J connectivity index is 1.52. The van der Waals surface area contributed by atoms with Gasteiger partial charge in [-0.15, -0.1) is 0 Å². The Hall–Kier alpha value is -3.88. The SMILES string of the molecule is Cc1ccc(OC(=O)COc2ncc(C(=O)Nc3ccc(F)cc3)cn2)c(C)n1. The third-order valence-corrected chi connectivity index (χ3v) is 3.71. The van der Waals surface area contributed by atoms with Gasteiger partial charge in [0.25, 0.3) is 5.91 Å². The predicted molar refractivity (Wildman–Crippen MR) is 101 cm³/mol. The quantitative estimate of drug-likeness (QED) is 0.639. The van der Waals surface area contributed by atoms with Crippen molar-refractivity contribution in [1.82, 2.24) is 15.0 Å². The number of carbonyl (C=O) groups is 2. The number of pyridine rings is 1. The Morgan fingerprint density at radius 1 is 1.03 bits per heavy atom. The van der Waals surface area contributed by atoms with Crippen molar-refractivity contribution in [2.24, 2.45) is 0 Å². The lowest BCUT2D eigenvalue weighted by Crippen LogP contribution is -2.19. The van der Waals surface area contributed by atoms with Crippen molar-refractivity contribution < 1.29 is 23.5 Å². The highest BCUT2D eigenvalue weighted by molar-refractivity contribution is 6.03. The minimum Gasteiger partial charge on any atom is -0.451 e. The molecule has 2 heterocycles.